The van der Waals surface area contributed by atoms with Crippen LogP contribution >= 0.6 is 22.7 Å². The maximum absolute atomic E-state index is 12.3. The van der Waals surface area contributed by atoms with Crippen molar-refractivity contribution in [3.05, 3.63) is 37.9 Å². The molecule has 1 amide bonds. The normalized spacial score (nSPS) is 10.4. The van der Waals surface area contributed by atoms with Crippen LogP contribution in [0.15, 0.2) is 12.1 Å². The molecule has 0 aliphatic heterocycles. The highest BCUT2D eigenvalue weighted by molar-refractivity contribution is 7.16. The Balaban J connectivity index is 2.11. The molecule has 122 valence electrons. The van der Waals surface area contributed by atoms with Crippen molar-refractivity contribution in [3.8, 4) is 0 Å². The van der Waals surface area contributed by atoms with Gasteiger partial charge in [0, 0.05) is 16.7 Å². The van der Waals surface area contributed by atoms with Crippen LogP contribution in [0.4, 0.5) is 5.00 Å². The summed E-state index contributed by atoms with van der Waals surface area (Å²) < 4.78 is 5.14. The van der Waals surface area contributed by atoms with E-state index in [2.05, 4.69) is 5.32 Å². The topological polar surface area (TPSA) is 72.5 Å². The van der Waals surface area contributed by atoms with Gasteiger partial charge in [-0.2, -0.15) is 0 Å². The van der Waals surface area contributed by atoms with Crippen LogP contribution in [0.25, 0.3) is 0 Å². The minimum absolute atomic E-state index is 0.234. The maximum Gasteiger partial charge on any atom is 0.341 e. The Labute approximate surface area is 142 Å². The minimum atomic E-state index is -0.600. The predicted octanol–water partition coefficient (Wildman–Crippen LogP) is 3.73. The zero-order valence-corrected chi connectivity index (χ0v) is 14.9. The minimum Gasteiger partial charge on any atom is -0.454 e. The monoisotopic (exact) mass is 351 g/mol. The van der Waals surface area contributed by atoms with Crippen molar-refractivity contribution in [3.63, 3.8) is 0 Å². The average Bonchev–Trinajstić information content (AvgIpc) is 3.00. The van der Waals surface area contributed by atoms with E-state index in [0.29, 0.717) is 15.4 Å². The Morgan fingerprint density at radius 3 is 2.39 bits per heavy atom. The van der Waals surface area contributed by atoms with Gasteiger partial charge in [-0.15, -0.1) is 22.7 Å². The second-order valence-corrected chi connectivity index (χ2v) is 7.59. The van der Waals surface area contributed by atoms with Gasteiger partial charge in [0.05, 0.1) is 10.4 Å². The molecule has 0 saturated carbocycles. The quantitative estimate of drug-likeness (QED) is 0.658. The molecular weight excluding hydrogens is 334 g/mol. The molecule has 5 nitrogen and oxygen atoms in total. The summed E-state index contributed by atoms with van der Waals surface area (Å²) in [6, 6.07) is 3.57. The van der Waals surface area contributed by atoms with Gasteiger partial charge in [-0.1, -0.05) is 0 Å². The molecule has 0 fully saturated rings. The van der Waals surface area contributed by atoms with Crippen molar-refractivity contribution in [2.75, 3.05) is 11.9 Å². The first-order valence-corrected chi connectivity index (χ1v) is 8.57. The van der Waals surface area contributed by atoms with Gasteiger partial charge >= 0.3 is 5.97 Å². The molecule has 0 spiro atoms. The number of hydrogen-bond acceptors (Lipinski definition) is 6. The molecule has 23 heavy (non-hydrogen) atoms. The number of aryl methyl sites for hydroxylation is 2. The smallest absolute Gasteiger partial charge is 0.341 e. The number of ether oxygens (including phenoxy) is 1. The molecule has 0 aliphatic rings. The number of thiophene rings is 2. The van der Waals surface area contributed by atoms with Crippen LogP contribution in [0.3, 0.4) is 0 Å². The molecule has 2 aromatic rings. The lowest BCUT2D eigenvalue weighted by Crippen LogP contribution is -2.16. The molecule has 2 heterocycles. The zero-order valence-electron chi connectivity index (χ0n) is 13.3. The summed E-state index contributed by atoms with van der Waals surface area (Å²) in [6.07, 6.45) is 0. The third-order valence-corrected chi connectivity index (χ3v) is 5.39. The van der Waals surface area contributed by atoms with Crippen LogP contribution in [0.5, 0.6) is 0 Å². The average molecular weight is 351 g/mol. The Hall–Kier alpha value is -1.99. The van der Waals surface area contributed by atoms with E-state index in [0.717, 1.165) is 15.3 Å². The number of Topliss-reactive ketones (excluding diaryl/α,β-unsaturated/α-hetero) is 1. The lowest BCUT2D eigenvalue weighted by Gasteiger charge is -2.06. The number of rotatable bonds is 5. The summed E-state index contributed by atoms with van der Waals surface area (Å²) >= 11 is 2.68. The molecule has 1 N–H and O–H groups in total. The fourth-order valence-corrected chi connectivity index (χ4v) is 3.87. The van der Waals surface area contributed by atoms with Gasteiger partial charge in [-0.25, -0.2) is 4.79 Å². The summed E-state index contributed by atoms with van der Waals surface area (Å²) in [5, 5.41) is 3.09. The molecular formula is C16H17NO4S2. The molecule has 7 heteroatoms. The Morgan fingerprint density at radius 1 is 1.13 bits per heavy atom. The highest BCUT2D eigenvalue weighted by atomic mass is 32.1. The van der Waals surface area contributed by atoms with E-state index in [1.54, 1.807) is 13.0 Å². The number of ketones is 1. The highest BCUT2D eigenvalue weighted by Gasteiger charge is 2.22. The van der Waals surface area contributed by atoms with E-state index >= 15 is 0 Å². The first-order valence-electron chi connectivity index (χ1n) is 6.94. The standard InChI is InChI=1S/C16H17NO4S2/c1-8-5-6-13(22-8)12(19)7-21-16(20)14-9(2)10(3)23-15(14)17-11(4)18/h5-6H,7H2,1-4H3,(H,17,18). The van der Waals surface area contributed by atoms with Gasteiger partial charge in [0.15, 0.2) is 6.61 Å². The van der Waals surface area contributed by atoms with Crippen molar-refractivity contribution in [2.24, 2.45) is 0 Å². The Kier molecular flexibility index (Phi) is 5.33. The van der Waals surface area contributed by atoms with E-state index in [4.69, 9.17) is 4.74 Å². The molecule has 0 aromatic carbocycles. The van der Waals surface area contributed by atoms with Gasteiger partial charge in [0.2, 0.25) is 11.7 Å². The first kappa shape index (κ1) is 17.4. The SMILES string of the molecule is CC(=O)Nc1sc(C)c(C)c1C(=O)OCC(=O)c1ccc(C)s1. The van der Waals surface area contributed by atoms with Crippen molar-refractivity contribution in [2.45, 2.75) is 27.7 Å². The van der Waals surface area contributed by atoms with Crippen LogP contribution < -0.4 is 5.32 Å². The number of carbonyl (C=O) groups excluding carboxylic acids is 3. The van der Waals surface area contributed by atoms with Crippen molar-refractivity contribution >= 4 is 45.3 Å². The lowest BCUT2D eigenvalue weighted by atomic mass is 10.1. The van der Waals surface area contributed by atoms with Crippen molar-refractivity contribution in [1.29, 1.82) is 0 Å². The second-order valence-electron chi connectivity index (χ2n) is 5.08. The predicted molar refractivity (Wildman–Crippen MR) is 91.8 cm³/mol. The fraction of sp³-hybridized carbons (Fsp3) is 0.312. The van der Waals surface area contributed by atoms with Crippen LogP contribution in [0.1, 0.15) is 42.3 Å². The van der Waals surface area contributed by atoms with Gasteiger partial charge in [0.25, 0.3) is 0 Å². The number of hydrogen-bond donors (Lipinski definition) is 1. The molecule has 0 aliphatic carbocycles. The van der Waals surface area contributed by atoms with E-state index in [1.165, 1.54) is 29.6 Å². The number of nitrogens with one attached hydrogen (secondary N) is 1. The van der Waals surface area contributed by atoms with Crippen LogP contribution in [-0.2, 0) is 9.53 Å². The van der Waals surface area contributed by atoms with Crippen molar-refractivity contribution in [1.82, 2.24) is 0 Å². The summed E-state index contributed by atoms with van der Waals surface area (Å²) in [6.45, 7) is 6.62. The van der Waals surface area contributed by atoms with Gasteiger partial charge in [-0.3, -0.25) is 9.59 Å². The summed E-state index contributed by atoms with van der Waals surface area (Å²) in [5.74, 6) is -1.09. The molecule has 2 rings (SSSR count). The van der Waals surface area contributed by atoms with E-state index in [-0.39, 0.29) is 18.3 Å². The van der Waals surface area contributed by atoms with E-state index in [9.17, 15) is 14.4 Å². The van der Waals surface area contributed by atoms with Crippen LogP contribution in [-0.4, -0.2) is 24.3 Å². The number of anilines is 1. The van der Waals surface area contributed by atoms with Gasteiger partial charge in [-0.05, 0) is 38.5 Å². The van der Waals surface area contributed by atoms with Crippen molar-refractivity contribution < 1.29 is 19.1 Å². The number of esters is 1. The van der Waals surface area contributed by atoms with Crippen LogP contribution in [0, 0.1) is 20.8 Å². The number of amides is 1. The first-order chi connectivity index (χ1) is 10.8. The van der Waals surface area contributed by atoms with E-state index < -0.39 is 5.97 Å². The maximum atomic E-state index is 12.3. The number of carbonyl (C=O) groups is 3. The summed E-state index contributed by atoms with van der Waals surface area (Å²) in [7, 11) is 0. The second kappa shape index (κ2) is 7.06. The summed E-state index contributed by atoms with van der Waals surface area (Å²) in [5.41, 5.74) is 1.07. The lowest BCUT2D eigenvalue weighted by molar-refractivity contribution is -0.114. The zero-order chi connectivity index (χ0) is 17.1. The van der Waals surface area contributed by atoms with E-state index in [1.807, 2.05) is 19.9 Å². The fourth-order valence-electron chi connectivity index (χ4n) is 1.98. The summed E-state index contributed by atoms with van der Waals surface area (Å²) in [4.78, 5) is 38.1. The molecule has 0 saturated heterocycles. The highest BCUT2D eigenvalue weighted by Crippen LogP contribution is 2.33. The largest absolute Gasteiger partial charge is 0.454 e. The molecule has 0 bridgehead atoms. The molecule has 0 unspecified atom stereocenters. The van der Waals surface area contributed by atoms with Gasteiger partial charge < -0.3 is 10.1 Å². The molecule has 0 radical (unpaired) electrons. The third kappa shape index (κ3) is 4.05. The molecule has 2 aromatic heterocycles. The Bertz CT molecular complexity index is 773. The molecule has 0 atom stereocenters. The van der Waals surface area contributed by atoms with Crippen LogP contribution in [0.2, 0.25) is 0 Å². The third-order valence-electron chi connectivity index (χ3n) is 3.23. The van der Waals surface area contributed by atoms with Gasteiger partial charge in [0.1, 0.15) is 5.00 Å². The Morgan fingerprint density at radius 2 is 1.83 bits per heavy atom.